The van der Waals surface area contributed by atoms with Gasteiger partial charge in [-0.15, -0.1) is 0 Å². The first kappa shape index (κ1) is 34.4. The molecule has 8 nitrogen and oxygen atoms in total. The number of nitrogens with one attached hydrogen (secondary N) is 2. The summed E-state index contributed by atoms with van der Waals surface area (Å²) < 4.78 is 17.9. The molecule has 248 valence electrons. The largest absolute Gasteiger partial charge is 0.494 e. The average Bonchev–Trinajstić information content (AvgIpc) is 3.47. The van der Waals surface area contributed by atoms with E-state index < -0.39 is 42.4 Å². The second-order valence-corrected chi connectivity index (χ2v) is 14.1. The zero-order chi connectivity index (χ0) is 33.9. The molecule has 2 amide bonds. The van der Waals surface area contributed by atoms with Crippen LogP contribution in [0.3, 0.4) is 0 Å². The van der Waals surface area contributed by atoms with E-state index in [2.05, 4.69) is 34.9 Å². The topological polar surface area (TPSA) is 103 Å². The molecule has 9 heteroatoms. The van der Waals surface area contributed by atoms with E-state index in [4.69, 9.17) is 14.0 Å². The number of aryl methyl sites for hydroxylation is 1. The molecular weight excluding hydrogens is 591 g/mol. The van der Waals surface area contributed by atoms with E-state index in [1.165, 1.54) is 0 Å². The van der Waals surface area contributed by atoms with Crippen molar-refractivity contribution < 1.29 is 28.4 Å². The first-order chi connectivity index (χ1) is 22.3. The normalized spacial score (nSPS) is 17.5. The Hall–Kier alpha value is -3.95. The fraction of sp³-hybridized carbons (Fsp3) is 0.447. The second-order valence-electron chi connectivity index (χ2n) is 14.1. The van der Waals surface area contributed by atoms with Crippen molar-refractivity contribution in [2.75, 3.05) is 6.61 Å². The van der Waals surface area contributed by atoms with Gasteiger partial charge in [0.2, 0.25) is 5.91 Å². The predicted molar refractivity (Wildman–Crippen MR) is 185 cm³/mol. The van der Waals surface area contributed by atoms with Crippen LogP contribution in [0.5, 0.6) is 0 Å². The van der Waals surface area contributed by atoms with Crippen LogP contribution in [0.1, 0.15) is 83.9 Å². The number of ketones is 1. The van der Waals surface area contributed by atoms with Crippen LogP contribution in [0.15, 0.2) is 72.8 Å². The van der Waals surface area contributed by atoms with Crippen LogP contribution in [-0.4, -0.2) is 54.8 Å². The highest BCUT2D eigenvalue weighted by atomic mass is 16.7. The number of fused-ring (bicyclic) bond motifs is 3. The van der Waals surface area contributed by atoms with Crippen LogP contribution in [0.2, 0.25) is 0 Å². The predicted octanol–water partition coefficient (Wildman–Crippen LogP) is 5.95. The fourth-order valence-electron chi connectivity index (χ4n) is 6.19. The molecule has 1 fully saturated rings. The molecule has 2 N–H and O–H groups in total. The van der Waals surface area contributed by atoms with E-state index in [0.29, 0.717) is 12.8 Å². The molecule has 3 aromatic carbocycles. The van der Waals surface area contributed by atoms with Crippen molar-refractivity contribution in [2.45, 2.75) is 96.9 Å². The molecule has 5 rings (SSSR count). The Balaban J connectivity index is 1.07. The Bertz CT molecular complexity index is 1540. The van der Waals surface area contributed by atoms with Gasteiger partial charge in [-0.05, 0) is 86.7 Å². The molecule has 2 aliphatic rings. The number of Topliss-reactive ketones (excluding diaryl/α,β-unsaturated/α-hetero) is 1. The molecule has 1 aliphatic carbocycles. The number of carbonyl (C=O) groups excluding carboxylic acids is 3. The Labute approximate surface area is 279 Å². The van der Waals surface area contributed by atoms with Gasteiger partial charge in [0.1, 0.15) is 12.6 Å². The summed E-state index contributed by atoms with van der Waals surface area (Å²) in [5, 5.41) is 5.53. The first-order valence-corrected chi connectivity index (χ1v) is 16.7. The molecule has 3 aromatic rings. The maximum atomic E-state index is 13.2. The van der Waals surface area contributed by atoms with Crippen LogP contribution in [0.4, 0.5) is 4.79 Å². The maximum absolute atomic E-state index is 13.2. The van der Waals surface area contributed by atoms with Gasteiger partial charge in [-0.25, -0.2) is 4.79 Å². The lowest BCUT2D eigenvalue weighted by Crippen LogP contribution is -2.53. The quantitative estimate of drug-likeness (QED) is 0.238. The number of benzene rings is 3. The van der Waals surface area contributed by atoms with Crippen molar-refractivity contribution in [1.82, 2.24) is 10.6 Å². The van der Waals surface area contributed by atoms with Crippen LogP contribution < -0.4 is 16.1 Å². The molecule has 0 bridgehead atoms. The van der Waals surface area contributed by atoms with E-state index in [1.807, 2.05) is 90.1 Å². The molecule has 1 saturated heterocycles. The zero-order valence-electron chi connectivity index (χ0n) is 28.6. The summed E-state index contributed by atoms with van der Waals surface area (Å²) in [7, 11) is -0.409. The number of hydrogen-bond donors (Lipinski definition) is 2. The monoisotopic (exact) mass is 638 g/mol. The van der Waals surface area contributed by atoms with E-state index in [-0.39, 0.29) is 24.2 Å². The third-order valence-corrected chi connectivity index (χ3v) is 9.80. The fourth-order valence-corrected chi connectivity index (χ4v) is 6.19. The molecule has 0 radical (unpaired) electrons. The third-order valence-electron chi connectivity index (χ3n) is 9.80. The molecule has 1 aliphatic heterocycles. The van der Waals surface area contributed by atoms with Gasteiger partial charge in [0.25, 0.3) is 0 Å². The SMILES string of the molecule is CC(NC(=O)C(NC(=O)OCC1c2ccccc2-c2ccccc21)C(C)C)C(=O)CCCc1ccc(B2OC(C)(C)C(C)(C)O2)cc1. The number of hydrogen-bond acceptors (Lipinski definition) is 6. The summed E-state index contributed by atoms with van der Waals surface area (Å²) in [5.74, 6) is -0.758. The van der Waals surface area contributed by atoms with Gasteiger partial charge in [-0.2, -0.15) is 0 Å². The second kappa shape index (κ2) is 14.0. The van der Waals surface area contributed by atoms with Gasteiger partial charge >= 0.3 is 13.2 Å². The highest BCUT2D eigenvalue weighted by molar-refractivity contribution is 6.62. The van der Waals surface area contributed by atoms with Gasteiger partial charge in [0, 0.05) is 12.3 Å². The highest BCUT2D eigenvalue weighted by Crippen LogP contribution is 2.44. The molecule has 0 spiro atoms. The van der Waals surface area contributed by atoms with Crippen molar-refractivity contribution in [3.63, 3.8) is 0 Å². The van der Waals surface area contributed by atoms with Gasteiger partial charge in [0.15, 0.2) is 5.78 Å². The number of ether oxygens (including phenoxy) is 1. The molecule has 0 saturated carbocycles. The zero-order valence-corrected chi connectivity index (χ0v) is 28.6. The van der Waals surface area contributed by atoms with Crippen molar-refractivity contribution >= 4 is 30.4 Å². The summed E-state index contributed by atoms with van der Waals surface area (Å²) in [4.78, 5) is 39.0. The van der Waals surface area contributed by atoms with Crippen molar-refractivity contribution in [3.8, 4) is 11.1 Å². The number of carbonyl (C=O) groups is 3. The van der Waals surface area contributed by atoms with Crippen molar-refractivity contribution in [3.05, 3.63) is 89.5 Å². The molecular formula is C38H47BN2O6. The molecule has 0 aromatic heterocycles. The van der Waals surface area contributed by atoms with Crippen molar-refractivity contribution in [1.29, 1.82) is 0 Å². The van der Waals surface area contributed by atoms with E-state index in [1.54, 1.807) is 6.92 Å². The van der Waals surface area contributed by atoms with E-state index in [0.717, 1.165) is 39.7 Å². The van der Waals surface area contributed by atoms with Crippen LogP contribution in [0.25, 0.3) is 11.1 Å². The first-order valence-electron chi connectivity index (χ1n) is 16.7. The van der Waals surface area contributed by atoms with Gasteiger partial charge in [-0.3, -0.25) is 9.59 Å². The lowest BCUT2D eigenvalue weighted by atomic mass is 9.78. The smallest absolute Gasteiger partial charge is 0.449 e. The Morgan fingerprint density at radius 1 is 0.809 bits per heavy atom. The Morgan fingerprint density at radius 3 is 1.91 bits per heavy atom. The third kappa shape index (κ3) is 7.63. The molecule has 2 atom stereocenters. The number of rotatable bonds is 12. The van der Waals surface area contributed by atoms with E-state index >= 15 is 0 Å². The average molecular weight is 639 g/mol. The van der Waals surface area contributed by atoms with Gasteiger partial charge in [0.05, 0.1) is 17.2 Å². The molecule has 47 heavy (non-hydrogen) atoms. The van der Waals surface area contributed by atoms with Gasteiger partial charge < -0.3 is 24.7 Å². The summed E-state index contributed by atoms with van der Waals surface area (Å²) in [6.45, 7) is 13.7. The Kier molecular flexibility index (Phi) is 10.3. The van der Waals surface area contributed by atoms with E-state index in [9.17, 15) is 14.4 Å². The number of amides is 2. The summed E-state index contributed by atoms with van der Waals surface area (Å²) in [5.41, 5.74) is 5.81. The van der Waals surface area contributed by atoms with Crippen LogP contribution in [-0.2, 0) is 30.1 Å². The standard InChI is InChI=1S/C38H47BN2O6/c1-24(2)34(41-36(44)45-23-32-30-16-10-8-14-28(30)29-15-9-11-17-31(29)32)35(43)40-25(3)33(42)18-12-13-26-19-21-27(22-20-26)39-46-37(4,5)38(6,7)47-39/h8-11,14-17,19-22,24-25,32,34H,12-13,18,23H2,1-7H3,(H,40,43)(H,41,44). The lowest BCUT2D eigenvalue weighted by molar-refractivity contribution is -0.129. The van der Waals surface area contributed by atoms with Crippen LogP contribution >= 0.6 is 0 Å². The minimum absolute atomic E-state index is 0.0594. The van der Waals surface area contributed by atoms with Crippen molar-refractivity contribution in [2.24, 2.45) is 5.92 Å². The minimum Gasteiger partial charge on any atom is -0.449 e. The summed E-state index contributed by atoms with van der Waals surface area (Å²) in [6.07, 6.45) is 1.05. The molecule has 2 unspecified atom stereocenters. The Morgan fingerprint density at radius 2 is 1.36 bits per heavy atom. The number of alkyl carbamates (subject to hydrolysis) is 1. The minimum atomic E-state index is -0.844. The maximum Gasteiger partial charge on any atom is 0.494 e. The summed E-state index contributed by atoms with van der Waals surface area (Å²) in [6, 6.07) is 22.8. The lowest BCUT2D eigenvalue weighted by Gasteiger charge is -2.32. The van der Waals surface area contributed by atoms with Crippen LogP contribution in [0, 0.1) is 5.92 Å². The van der Waals surface area contributed by atoms with Gasteiger partial charge in [-0.1, -0.05) is 86.6 Å². The summed E-state index contributed by atoms with van der Waals surface area (Å²) >= 11 is 0. The highest BCUT2D eigenvalue weighted by Gasteiger charge is 2.51. The molecule has 1 heterocycles.